The number of aromatic nitrogens is 4. The molecule has 0 spiro atoms. The number of hydrogen-bond donors (Lipinski definition) is 1. The summed E-state index contributed by atoms with van der Waals surface area (Å²) in [7, 11) is 0. The Morgan fingerprint density at radius 1 is 1.15 bits per heavy atom. The minimum absolute atomic E-state index is 0.144. The van der Waals surface area contributed by atoms with E-state index in [9.17, 15) is 4.79 Å². The summed E-state index contributed by atoms with van der Waals surface area (Å²) in [5, 5.41) is 12.7. The minimum Gasteiger partial charge on any atom is -0.308 e. The summed E-state index contributed by atoms with van der Waals surface area (Å²) in [6.45, 7) is 2.85. The molecule has 0 atom stereocenters. The molecule has 0 radical (unpaired) electrons. The number of rotatable bonds is 6. The van der Waals surface area contributed by atoms with E-state index >= 15 is 0 Å². The zero-order valence-electron chi connectivity index (χ0n) is 14.2. The molecule has 0 saturated carbocycles. The molecule has 0 aliphatic heterocycles. The number of amides is 1. The molecule has 0 aliphatic carbocycles. The minimum atomic E-state index is -0.144. The highest BCUT2D eigenvalue weighted by molar-refractivity contribution is 9.10. The van der Waals surface area contributed by atoms with Crippen LogP contribution < -0.4 is 5.32 Å². The van der Waals surface area contributed by atoms with Gasteiger partial charge in [-0.1, -0.05) is 29.3 Å². The quantitative estimate of drug-likeness (QED) is 0.466. The number of hydrogen-bond acceptors (Lipinski definition) is 3. The van der Waals surface area contributed by atoms with Crippen LogP contribution >= 0.6 is 55.1 Å². The van der Waals surface area contributed by atoms with Crippen molar-refractivity contribution in [1.29, 1.82) is 0 Å². The number of carbonyl (C=O) groups is 1. The summed E-state index contributed by atoms with van der Waals surface area (Å²) in [6, 6.07) is 5.32. The molecule has 0 aliphatic rings. The Kier molecular flexibility index (Phi) is 6.62. The maximum atomic E-state index is 12.2. The molecule has 1 aromatic carbocycles. The van der Waals surface area contributed by atoms with Gasteiger partial charge in [0.05, 0.1) is 21.2 Å². The van der Waals surface area contributed by atoms with Gasteiger partial charge >= 0.3 is 0 Å². The first-order valence-electron chi connectivity index (χ1n) is 7.98. The molecule has 0 bridgehead atoms. The molecular formula is C17H15Br2Cl2N5O. The monoisotopic (exact) mass is 533 g/mol. The summed E-state index contributed by atoms with van der Waals surface area (Å²) in [4.78, 5) is 12.2. The predicted octanol–water partition coefficient (Wildman–Crippen LogP) is 5.30. The van der Waals surface area contributed by atoms with E-state index in [1.54, 1.807) is 27.7 Å². The van der Waals surface area contributed by atoms with E-state index in [1.807, 2.05) is 19.2 Å². The van der Waals surface area contributed by atoms with Crippen LogP contribution in [0.3, 0.4) is 0 Å². The second kappa shape index (κ2) is 8.77. The zero-order chi connectivity index (χ0) is 19.6. The van der Waals surface area contributed by atoms with Gasteiger partial charge in [-0.05, 0) is 56.5 Å². The molecule has 27 heavy (non-hydrogen) atoms. The van der Waals surface area contributed by atoms with Gasteiger partial charge in [0.2, 0.25) is 5.91 Å². The van der Waals surface area contributed by atoms with Crippen molar-refractivity contribution >= 4 is 66.8 Å². The van der Waals surface area contributed by atoms with Crippen molar-refractivity contribution in [3.8, 4) is 0 Å². The standard InChI is InChI=1S/C17H15Br2Cl2N5O/c1-10-13(18)8-25(23-10)5-4-16(27)22-17-14(19)9-26(24-17)7-11-2-3-12(20)6-15(11)21/h2-3,6,8-9H,4-5,7H2,1H3,(H,22,24,27). The number of nitrogens with one attached hydrogen (secondary N) is 1. The highest BCUT2D eigenvalue weighted by Gasteiger charge is 2.12. The Morgan fingerprint density at radius 2 is 1.89 bits per heavy atom. The molecule has 3 rings (SSSR count). The number of halogens is 4. The Balaban J connectivity index is 1.61. The third-order valence-corrected chi connectivity index (χ3v) is 5.72. The Labute approximate surface area is 183 Å². The molecule has 142 valence electrons. The van der Waals surface area contributed by atoms with E-state index in [-0.39, 0.29) is 12.3 Å². The van der Waals surface area contributed by atoms with E-state index in [2.05, 4.69) is 47.4 Å². The highest BCUT2D eigenvalue weighted by Crippen LogP contribution is 2.24. The second-order valence-electron chi connectivity index (χ2n) is 5.88. The van der Waals surface area contributed by atoms with Crippen LogP contribution in [0.15, 0.2) is 39.5 Å². The van der Waals surface area contributed by atoms with Crippen LogP contribution in [-0.2, 0) is 17.9 Å². The molecule has 10 heteroatoms. The first-order valence-corrected chi connectivity index (χ1v) is 10.3. The largest absolute Gasteiger partial charge is 0.308 e. The van der Waals surface area contributed by atoms with Gasteiger partial charge in [0.15, 0.2) is 5.82 Å². The van der Waals surface area contributed by atoms with Crippen molar-refractivity contribution in [1.82, 2.24) is 19.6 Å². The molecule has 6 nitrogen and oxygen atoms in total. The van der Waals surface area contributed by atoms with Crippen molar-refractivity contribution in [3.05, 3.63) is 60.8 Å². The smallest absolute Gasteiger partial charge is 0.227 e. The lowest BCUT2D eigenvalue weighted by Gasteiger charge is -2.05. The fourth-order valence-electron chi connectivity index (χ4n) is 2.41. The second-order valence-corrected chi connectivity index (χ2v) is 8.43. The molecule has 3 aromatic rings. The van der Waals surface area contributed by atoms with Gasteiger partial charge in [-0.25, -0.2) is 0 Å². The van der Waals surface area contributed by atoms with Crippen LogP contribution in [0.2, 0.25) is 10.0 Å². The third kappa shape index (κ3) is 5.34. The SMILES string of the molecule is Cc1nn(CCC(=O)Nc2nn(Cc3ccc(Cl)cc3Cl)cc2Br)cc1Br. The van der Waals surface area contributed by atoms with Crippen molar-refractivity contribution < 1.29 is 4.79 Å². The maximum absolute atomic E-state index is 12.2. The lowest BCUT2D eigenvalue weighted by molar-refractivity contribution is -0.116. The fourth-order valence-corrected chi connectivity index (χ4v) is 3.60. The van der Waals surface area contributed by atoms with Crippen molar-refractivity contribution in [2.45, 2.75) is 26.4 Å². The fraction of sp³-hybridized carbons (Fsp3) is 0.235. The summed E-state index contributed by atoms with van der Waals surface area (Å²) < 4.78 is 5.04. The maximum Gasteiger partial charge on any atom is 0.227 e. The Bertz CT molecular complexity index is 966. The molecule has 2 heterocycles. The van der Waals surface area contributed by atoms with Crippen molar-refractivity contribution in [2.24, 2.45) is 0 Å². The van der Waals surface area contributed by atoms with Gasteiger partial charge in [-0.15, -0.1) is 0 Å². The summed E-state index contributed by atoms with van der Waals surface area (Å²) in [6.07, 6.45) is 3.92. The first kappa shape index (κ1) is 20.4. The number of benzene rings is 1. The number of aryl methyl sites for hydroxylation is 2. The Morgan fingerprint density at radius 3 is 2.56 bits per heavy atom. The van der Waals surface area contributed by atoms with Crippen molar-refractivity contribution in [2.75, 3.05) is 5.32 Å². The van der Waals surface area contributed by atoms with Gasteiger partial charge in [-0.2, -0.15) is 10.2 Å². The van der Waals surface area contributed by atoms with Crippen LogP contribution in [0, 0.1) is 6.92 Å². The van der Waals surface area contributed by atoms with E-state index in [0.29, 0.717) is 33.4 Å². The van der Waals surface area contributed by atoms with E-state index in [1.165, 1.54) is 0 Å². The normalized spacial score (nSPS) is 11.0. The zero-order valence-corrected chi connectivity index (χ0v) is 18.9. The van der Waals surface area contributed by atoms with Gasteiger partial charge in [0, 0.05) is 35.4 Å². The number of nitrogens with zero attached hydrogens (tertiary/aromatic N) is 4. The molecule has 0 fully saturated rings. The summed E-state index contributed by atoms with van der Waals surface area (Å²) >= 11 is 19.0. The van der Waals surface area contributed by atoms with Crippen LogP contribution in [0.25, 0.3) is 0 Å². The molecule has 1 amide bonds. The van der Waals surface area contributed by atoms with Crippen LogP contribution in [0.4, 0.5) is 5.82 Å². The molecule has 1 N–H and O–H groups in total. The molecule has 0 saturated heterocycles. The van der Waals surface area contributed by atoms with E-state index < -0.39 is 0 Å². The average Bonchev–Trinajstić information content (AvgIpc) is 3.10. The summed E-state index contributed by atoms with van der Waals surface area (Å²) in [5.41, 5.74) is 1.77. The lowest BCUT2D eigenvalue weighted by Crippen LogP contribution is -2.15. The predicted molar refractivity (Wildman–Crippen MR) is 113 cm³/mol. The molecule has 0 unspecified atom stereocenters. The number of carbonyl (C=O) groups excluding carboxylic acids is 1. The van der Waals surface area contributed by atoms with Gasteiger partial charge in [0.1, 0.15) is 0 Å². The van der Waals surface area contributed by atoms with E-state index in [4.69, 9.17) is 23.2 Å². The Hall–Kier alpha value is -1.35. The molecule has 2 aromatic heterocycles. The van der Waals surface area contributed by atoms with Crippen molar-refractivity contribution in [3.63, 3.8) is 0 Å². The third-order valence-electron chi connectivity index (χ3n) is 3.78. The van der Waals surface area contributed by atoms with Gasteiger partial charge in [0.25, 0.3) is 0 Å². The highest BCUT2D eigenvalue weighted by atomic mass is 79.9. The van der Waals surface area contributed by atoms with Crippen LogP contribution in [0.1, 0.15) is 17.7 Å². The van der Waals surface area contributed by atoms with Crippen LogP contribution in [-0.4, -0.2) is 25.5 Å². The lowest BCUT2D eigenvalue weighted by atomic mass is 10.2. The number of anilines is 1. The van der Waals surface area contributed by atoms with E-state index in [0.717, 1.165) is 15.7 Å². The topological polar surface area (TPSA) is 64.7 Å². The van der Waals surface area contributed by atoms with Gasteiger partial charge < -0.3 is 5.32 Å². The molecular weight excluding hydrogens is 521 g/mol. The van der Waals surface area contributed by atoms with Gasteiger partial charge in [-0.3, -0.25) is 14.2 Å². The average molecular weight is 536 g/mol. The first-order chi connectivity index (χ1) is 12.8. The summed E-state index contributed by atoms with van der Waals surface area (Å²) in [5.74, 6) is 0.317. The van der Waals surface area contributed by atoms with Crippen LogP contribution in [0.5, 0.6) is 0 Å².